The van der Waals surface area contributed by atoms with E-state index in [0.717, 1.165) is 28.9 Å². The van der Waals surface area contributed by atoms with Crippen LogP contribution in [0, 0.1) is 0 Å². The normalized spacial score (nSPS) is 10.3. The fourth-order valence-electron chi connectivity index (χ4n) is 2.13. The highest BCUT2D eigenvalue weighted by molar-refractivity contribution is 5.96. The predicted octanol–water partition coefficient (Wildman–Crippen LogP) is 4.74. The van der Waals surface area contributed by atoms with Crippen LogP contribution in [0.4, 0.5) is 0 Å². The summed E-state index contributed by atoms with van der Waals surface area (Å²) in [7, 11) is 0. The lowest BCUT2D eigenvalue weighted by Crippen LogP contribution is -1.97. The maximum absolute atomic E-state index is 11.8. The van der Waals surface area contributed by atoms with E-state index in [-0.39, 0.29) is 5.78 Å². The molecule has 2 aromatic carbocycles. The molecule has 0 aliphatic rings. The molecule has 104 valence electrons. The molecule has 0 aliphatic carbocycles. The van der Waals surface area contributed by atoms with Crippen molar-refractivity contribution >= 4 is 5.78 Å². The fourth-order valence-corrected chi connectivity index (χ4v) is 2.13. The van der Waals surface area contributed by atoms with Gasteiger partial charge in [-0.3, -0.25) is 4.79 Å². The van der Waals surface area contributed by atoms with E-state index in [0.29, 0.717) is 13.0 Å². The van der Waals surface area contributed by atoms with E-state index in [1.54, 1.807) is 0 Å². The van der Waals surface area contributed by atoms with E-state index in [2.05, 4.69) is 0 Å². The summed E-state index contributed by atoms with van der Waals surface area (Å²) in [6.45, 7) is 4.67. The number of Topliss-reactive ketones (excluding diaryl/α,β-unsaturated/α-hetero) is 1. The summed E-state index contributed by atoms with van der Waals surface area (Å²) in [6.07, 6.45) is 1.50. The molecule has 2 nitrogen and oxygen atoms in total. The van der Waals surface area contributed by atoms with E-state index in [1.807, 2.05) is 62.4 Å². The first-order valence-electron chi connectivity index (χ1n) is 7.11. The van der Waals surface area contributed by atoms with E-state index < -0.39 is 0 Å². The Hall–Kier alpha value is -2.09. The summed E-state index contributed by atoms with van der Waals surface area (Å²) < 4.78 is 5.43. The standard InChI is InChI=1S/C18H20O2/c1-3-5-18(19)16-8-6-14(7-9-16)15-10-12-17(13-11-15)20-4-2/h6-13H,3-5H2,1-2H3. The Balaban J connectivity index is 2.15. The number of carbonyl (C=O) groups is 1. The van der Waals surface area contributed by atoms with Crippen LogP contribution in [-0.4, -0.2) is 12.4 Å². The van der Waals surface area contributed by atoms with E-state index >= 15 is 0 Å². The van der Waals surface area contributed by atoms with E-state index in [1.165, 1.54) is 0 Å². The Morgan fingerprint density at radius 1 is 0.900 bits per heavy atom. The van der Waals surface area contributed by atoms with Crippen LogP contribution in [0.15, 0.2) is 48.5 Å². The average Bonchev–Trinajstić information content (AvgIpc) is 2.49. The quantitative estimate of drug-likeness (QED) is 0.708. The molecule has 2 rings (SSSR count). The molecular formula is C18H20O2. The third-order valence-corrected chi connectivity index (χ3v) is 3.18. The minimum atomic E-state index is 0.214. The highest BCUT2D eigenvalue weighted by Gasteiger charge is 2.05. The van der Waals surface area contributed by atoms with Crippen LogP contribution in [0.25, 0.3) is 11.1 Å². The Kier molecular flexibility index (Phi) is 4.94. The van der Waals surface area contributed by atoms with Gasteiger partial charge in [0.1, 0.15) is 5.75 Å². The molecule has 0 unspecified atom stereocenters. The Morgan fingerprint density at radius 3 is 1.95 bits per heavy atom. The molecule has 0 heterocycles. The number of benzene rings is 2. The van der Waals surface area contributed by atoms with Crippen molar-refractivity contribution in [1.29, 1.82) is 0 Å². The van der Waals surface area contributed by atoms with Gasteiger partial charge >= 0.3 is 0 Å². The molecule has 0 saturated heterocycles. The highest BCUT2D eigenvalue weighted by Crippen LogP contribution is 2.23. The van der Waals surface area contributed by atoms with Gasteiger partial charge in [-0.1, -0.05) is 43.3 Å². The molecule has 0 fully saturated rings. The van der Waals surface area contributed by atoms with Crippen molar-refractivity contribution in [3.63, 3.8) is 0 Å². The number of ether oxygens (including phenoxy) is 1. The largest absolute Gasteiger partial charge is 0.494 e. The van der Waals surface area contributed by atoms with Gasteiger partial charge in [0, 0.05) is 12.0 Å². The molecule has 0 aliphatic heterocycles. The van der Waals surface area contributed by atoms with Gasteiger partial charge in [-0.05, 0) is 36.6 Å². The zero-order valence-electron chi connectivity index (χ0n) is 12.1. The number of rotatable bonds is 6. The van der Waals surface area contributed by atoms with Gasteiger partial charge in [-0.15, -0.1) is 0 Å². The third kappa shape index (κ3) is 3.47. The molecule has 0 amide bonds. The Morgan fingerprint density at radius 2 is 1.45 bits per heavy atom. The minimum absolute atomic E-state index is 0.214. The number of hydrogen-bond acceptors (Lipinski definition) is 2. The SMILES string of the molecule is CCCC(=O)c1ccc(-c2ccc(OCC)cc2)cc1. The number of ketones is 1. The molecule has 0 atom stereocenters. The van der Waals surface area contributed by atoms with Crippen molar-refractivity contribution in [2.75, 3.05) is 6.61 Å². The van der Waals surface area contributed by atoms with Gasteiger partial charge < -0.3 is 4.74 Å². The van der Waals surface area contributed by atoms with Crippen molar-refractivity contribution < 1.29 is 9.53 Å². The lowest BCUT2D eigenvalue weighted by atomic mass is 10.0. The molecular weight excluding hydrogens is 248 g/mol. The maximum Gasteiger partial charge on any atom is 0.162 e. The number of hydrogen-bond donors (Lipinski definition) is 0. The van der Waals surface area contributed by atoms with Crippen LogP contribution in [0.1, 0.15) is 37.0 Å². The molecule has 0 radical (unpaired) electrons. The van der Waals surface area contributed by atoms with Gasteiger partial charge in [0.05, 0.1) is 6.61 Å². The van der Waals surface area contributed by atoms with Crippen molar-refractivity contribution in [1.82, 2.24) is 0 Å². The van der Waals surface area contributed by atoms with Gasteiger partial charge in [0.2, 0.25) is 0 Å². The topological polar surface area (TPSA) is 26.3 Å². The summed E-state index contributed by atoms with van der Waals surface area (Å²) in [4.78, 5) is 11.8. The van der Waals surface area contributed by atoms with Crippen LogP contribution in [-0.2, 0) is 0 Å². The second-order valence-corrected chi connectivity index (χ2v) is 4.71. The smallest absolute Gasteiger partial charge is 0.162 e. The minimum Gasteiger partial charge on any atom is -0.494 e. The van der Waals surface area contributed by atoms with E-state index in [9.17, 15) is 4.79 Å². The summed E-state index contributed by atoms with van der Waals surface area (Å²) >= 11 is 0. The van der Waals surface area contributed by atoms with Crippen LogP contribution in [0.2, 0.25) is 0 Å². The molecule has 0 bridgehead atoms. The molecule has 2 heteroatoms. The van der Waals surface area contributed by atoms with Crippen LogP contribution in [0.3, 0.4) is 0 Å². The molecule has 2 aromatic rings. The Bertz CT molecular complexity index is 553. The fraction of sp³-hybridized carbons (Fsp3) is 0.278. The van der Waals surface area contributed by atoms with Crippen molar-refractivity contribution in [2.24, 2.45) is 0 Å². The Labute approximate surface area is 120 Å². The van der Waals surface area contributed by atoms with Crippen molar-refractivity contribution in [3.8, 4) is 16.9 Å². The molecule has 0 spiro atoms. The van der Waals surface area contributed by atoms with Gasteiger partial charge in [-0.25, -0.2) is 0 Å². The predicted molar refractivity (Wildman–Crippen MR) is 82.3 cm³/mol. The summed E-state index contributed by atoms with van der Waals surface area (Å²) in [6, 6.07) is 15.8. The summed E-state index contributed by atoms with van der Waals surface area (Å²) in [5.74, 6) is 1.09. The van der Waals surface area contributed by atoms with Gasteiger partial charge in [0.15, 0.2) is 5.78 Å². The lowest BCUT2D eigenvalue weighted by molar-refractivity contribution is 0.0982. The molecule has 0 aromatic heterocycles. The first kappa shape index (κ1) is 14.3. The molecule has 0 saturated carbocycles. The van der Waals surface area contributed by atoms with Crippen LogP contribution >= 0.6 is 0 Å². The zero-order chi connectivity index (χ0) is 14.4. The summed E-state index contributed by atoms with van der Waals surface area (Å²) in [5, 5.41) is 0. The average molecular weight is 268 g/mol. The second-order valence-electron chi connectivity index (χ2n) is 4.71. The maximum atomic E-state index is 11.8. The molecule has 0 N–H and O–H groups in total. The van der Waals surface area contributed by atoms with Crippen LogP contribution < -0.4 is 4.74 Å². The summed E-state index contributed by atoms with van der Waals surface area (Å²) in [5.41, 5.74) is 3.03. The number of carbonyl (C=O) groups excluding carboxylic acids is 1. The third-order valence-electron chi connectivity index (χ3n) is 3.18. The van der Waals surface area contributed by atoms with Crippen molar-refractivity contribution in [3.05, 3.63) is 54.1 Å². The monoisotopic (exact) mass is 268 g/mol. The van der Waals surface area contributed by atoms with E-state index in [4.69, 9.17) is 4.74 Å². The van der Waals surface area contributed by atoms with Crippen LogP contribution in [0.5, 0.6) is 5.75 Å². The van der Waals surface area contributed by atoms with Gasteiger partial charge in [0.25, 0.3) is 0 Å². The second kappa shape index (κ2) is 6.90. The van der Waals surface area contributed by atoms with Crippen molar-refractivity contribution in [2.45, 2.75) is 26.7 Å². The first-order chi connectivity index (χ1) is 9.74. The zero-order valence-corrected chi connectivity index (χ0v) is 12.1. The lowest BCUT2D eigenvalue weighted by Gasteiger charge is -2.06. The highest BCUT2D eigenvalue weighted by atomic mass is 16.5. The van der Waals surface area contributed by atoms with Gasteiger partial charge in [-0.2, -0.15) is 0 Å². The molecule has 20 heavy (non-hydrogen) atoms. The first-order valence-corrected chi connectivity index (χ1v) is 7.11.